The molecule has 3 N–H and O–H groups in total. The first-order valence-electron chi connectivity index (χ1n) is 6.06. The van der Waals surface area contributed by atoms with Crippen LogP contribution in [0.4, 0.5) is 5.69 Å². The Morgan fingerprint density at radius 2 is 2.32 bits per heavy atom. The molecular weight excluding hydrogens is 242 g/mol. The Labute approximate surface area is 111 Å². The van der Waals surface area contributed by atoms with E-state index >= 15 is 0 Å². The van der Waals surface area contributed by atoms with E-state index in [0.717, 1.165) is 17.1 Å². The molecule has 1 aromatic heterocycles. The first-order valence-corrected chi connectivity index (χ1v) is 6.06. The second kappa shape index (κ2) is 5.62. The zero-order chi connectivity index (χ0) is 13.8. The van der Waals surface area contributed by atoms with Crippen LogP contribution in [0.25, 0.3) is 11.4 Å². The summed E-state index contributed by atoms with van der Waals surface area (Å²) in [5, 5.41) is 10.7. The minimum atomic E-state index is -0.151. The predicted molar refractivity (Wildman–Crippen MR) is 73.3 cm³/mol. The number of amides is 1. The number of aryl methyl sites for hydroxylation is 1. The average molecular weight is 259 g/mol. The maximum Gasteiger partial charge on any atom is 0.225 e. The lowest BCUT2D eigenvalue weighted by Gasteiger charge is -2.08. The summed E-state index contributed by atoms with van der Waals surface area (Å²) in [6.45, 7) is 1.80. The molecule has 19 heavy (non-hydrogen) atoms. The van der Waals surface area contributed by atoms with Crippen molar-refractivity contribution in [2.45, 2.75) is 19.4 Å². The van der Waals surface area contributed by atoms with Gasteiger partial charge in [-0.3, -0.25) is 4.79 Å². The maximum absolute atomic E-state index is 11.7. The van der Waals surface area contributed by atoms with Crippen LogP contribution in [-0.4, -0.2) is 26.7 Å². The largest absolute Gasteiger partial charge is 0.327 e. The number of nitrogens with two attached hydrogens (primary N) is 1. The van der Waals surface area contributed by atoms with Crippen LogP contribution in [0.2, 0.25) is 0 Å². The van der Waals surface area contributed by atoms with Crippen LogP contribution in [0.1, 0.15) is 13.3 Å². The Balaban J connectivity index is 2.16. The third-order valence-corrected chi connectivity index (χ3v) is 2.62. The van der Waals surface area contributed by atoms with E-state index in [4.69, 9.17) is 5.73 Å². The number of rotatable bonds is 4. The highest BCUT2D eigenvalue weighted by atomic mass is 16.1. The Bertz CT molecular complexity index is 576. The summed E-state index contributed by atoms with van der Waals surface area (Å²) in [5.41, 5.74) is 7.22. The van der Waals surface area contributed by atoms with Crippen molar-refractivity contribution in [3.05, 3.63) is 30.6 Å². The van der Waals surface area contributed by atoms with Crippen LogP contribution < -0.4 is 11.1 Å². The number of aromatic nitrogens is 3. The Morgan fingerprint density at radius 1 is 1.53 bits per heavy atom. The molecule has 1 aromatic carbocycles. The summed E-state index contributed by atoms with van der Waals surface area (Å²) in [4.78, 5) is 11.7. The van der Waals surface area contributed by atoms with Gasteiger partial charge in [0.05, 0.1) is 0 Å². The fourth-order valence-electron chi connectivity index (χ4n) is 1.79. The number of hydrogen-bond donors (Lipinski definition) is 2. The second-order valence-electron chi connectivity index (χ2n) is 4.58. The molecule has 2 aromatic rings. The third-order valence-electron chi connectivity index (χ3n) is 2.62. The molecule has 0 radical (unpaired) electrons. The average Bonchev–Trinajstić information content (AvgIpc) is 2.74. The van der Waals surface area contributed by atoms with Crippen molar-refractivity contribution in [2.24, 2.45) is 12.8 Å². The van der Waals surface area contributed by atoms with E-state index in [1.807, 2.05) is 35.9 Å². The molecule has 0 aliphatic heterocycles. The van der Waals surface area contributed by atoms with Crippen molar-refractivity contribution in [3.63, 3.8) is 0 Å². The molecule has 100 valence electrons. The van der Waals surface area contributed by atoms with Crippen LogP contribution in [0.15, 0.2) is 30.6 Å². The lowest BCUT2D eigenvalue weighted by atomic mass is 10.1. The summed E-state index contributed by atoms with van der Waals surface area (Å²) >= 11 is 0. The molecule has 0 bridgehead atoms. The summed E-state index contributed by atoms with van der Waals surface area (Å²) in [6.07, 6.45) is 1.94. The summed E-state index contributed by atoms with van der Waals surface area (Å²) in [6, 6.07) is 7.33. The number of nitrogens with one attached hydrogen (secondary N) is 1. The van der Waals surface area contributed by atoms with E-state index in [9.17, 15) is 4.79 Å². The molecule has 0 saturated carbocycles. The van der Waals surface area contributed by atoms with Crippen LogP contribution in [-0.2, 0) is 11.8 Å². The molecule has 1 unspecified atom stereocenters. The predicted octanol–water partition coefficient (Wildman–Crippen LogP) is 1.16. The van der Waals surface area contributed by atoms with Crippen LogP contribution in [0.5, 0.6) is 0 Å². The smallest absolute Gasteiger partial charge is 0.225 e. The summed E-state index contributed by atoms with van der Waals surface area (Å²) < 4.78 is 1.82. The molecule has 2 rings (SSSR count). The Hall–Kier alpha value is -2.21. The molecule has 6 heteroatoms. The highest BCUT2D eigenvalue weighted by Gasteiger charge is 2.08. The Morgan fingerprint density at radius 3 is 2.95 bits per heavy atom. The van der Waals surface area contributed by atoms with Crippen molar-refractivity contribution in [1.29, 1.82) is 0 Å². The first kappa shape index (κ1) is 13.2. The molecule has 0 fully saturated rings. The summed E-state index contributed by atoms with van der Waals surface area (Å²) in [5.74, 6) is 0.661. The van der Waals surface area contributed by atoms with Crippen molar-refractivity contribution >= 4 is 11.6 Å². The normalized spacial score (nSPS) is 12.2. The maximum atomic E-state index is 11.7. The molecule has 1 atom stereocenters. The van der Waals surface area contributed by atoms with Crippen molar-refractivity contribution in [2.75, 3.05) is 5.32 Å². The van der Waals surface area contributed by atoms with E-state index in [2.05, 4.69) is 15.5 Å². The van der Waals surface area contributed by atoms with Gasteiger partial charge < -0.3 is 15.6 Å². The van der Waals surface area contributed by atoms with Gasteiger partial charge in [-0.1, -0.05) is 12.1 Å². The van der Waals surface area contributed by atoms with Crippen LogP contribution in [0, 0.1) is 0 Å². The van der Waals surface area contributed by atoms with E-state index in [-0.39, 0.29) is 11.9 Å². The highest BCUT2D eigenvalue weighted by molar-refractivity contribution is 5.91. The Kier molecular flexibility index (Phi) is 3.91. The van der Waals surface area contributed by atoms with Gasteiger partial charge in [-0.2, -0.15) is 0 Å². The van der Waals surface area contributed by atoms with Crippen molar-refractivity contribution in [1.82, 2.24) is 14.8 Å². The number of anilines is 1. The van der Waals surface area contributed by atoms with Gasteiger partial charge in [0.2, 0.25) is 5.91 Å². The van der Waals surface area contributed by atoms with Crippen LogP contribution in [0.3, 0.4) is 0 Å². The van der Waals surface area contributed by atoms with Gasteiger partial charge in [0.1, 0.15) is 6.33 Å². The van der Waals surface area contributed by atoms with E-state index in [1.54, 1.807) is 13.3 Å². The quantitative estimate of drug-likeness (QED) is 0.862. The van der Waals surface area contributed by atoms with Crippen molar-refractivity contribution < 1.29 is 4.79 Å². The third kappa shape index (κ3) is 3.38. The summed E-state index contributed by atoms with van der Waals surface area (Å²) in [7, 11) is 1.87. The molecule has 1 amide bonds. The zero-order valence-electron chi connectivity index (χ0n) is 11.0. The zero-order valence-corrected chi connectivity index (χ0v) is 11.0. The van der Waals surface area contributed by atoms with Crippen molar-refractivity contribution in [3.8, 4) is 11.4 Å². The van der Waals surface area contributed by atoms with Gasteiger partial charge in [0, 0.05) is 30.8 Å². The minimum absolute atomic E-state index is 0.0925. The topological polar surface area (TPSA) is 85.8 Å². The minimum Gasteiger partial charge on any atom is -0.327 e. The van der Waals surface area contributed by atoms with E-state index in [0.29, 0.717) is 6.42 Å². The van der Waals surface area contributed by atoms with Gasteiger partial charge in [0.25, 0.3) is 0 Å². The molecule has 0 aliphatic rings. The monoisotopic (exact) mass is 259 g/mol. The van der Waals surface area contributed by atoms with Crippen LogP contribution >= 0.6 is 0 Å². The van der Waals surface area contributed by atoms with E-state index in [1.165, 1.54) is 0 Å². The molecule has 0 spiro atoms. The number of benzene rings is 1. The van der Waals surface area contributed by atoms with Gasteiger partial charge in [0.15, 0.2) is 5.82 Å². The lowest BCUT2D eigenvalue weighted by Crippen LogP contribution is -2.23. The second-order valence-corrected chi connectivity index (χ2v) is 4.58. The standard InChI is InChI=1S/C13H17N5O/c1-9(14)6-12(19)16-11-5-3-4-10(7-11)13-17-15-8-18(13)2/h3-5,7-9H,6,14H2,1-2H3,(H,16,19). The molecule has 6 nitrogen and oxygen atoms in total. The van der Waals surface area contributed by atoms with E-state index < -0.39 is 0 Å². The molecule has 0 aliphatic carbocycles. The highest BCUT2D eigenvalue weighted by Crippen LogP contribution is 2.20. The molecular formula is C13H17N5O. The SMILES string of the molecule is CC(N)CC(=O)Nc1cccc(-c2nncn2C)c1. The molecule has 1 heterocycles. The fourth-order valence-corrected chi connectivity index (χ4v) is 1.79. The number of hydrogen-bond acceptors (Lipinski definition) is 4. The first-order chi connectivity index (χ1) is 9.06. The fraction of sp³-hybridized carbons (Fsp3) is 0.308. The molecule has 0 saturated heterocycles. The number of carbonyl (C=O) groups is 1. The lowest BCUT2D eigenvalue weighted by molar-refractivity contribution is -0.116. The van der Waals surface area contributed by atoms with Gasteiger partial charge in [-0.05, 0) is 19.1 Å². The number of carbonyl (C=O) groups excluding carboxylic acids is 1. The van der Waals surface area contributed by atoms with Gasteiger partial charge in [-0.25, -0.2) is 0 Å². The number of nitrogens with zero attached hydrogens (tertiary/aromatic N) is 3. The van der Waals surface area contributed by atoms with Gasteiger partial charge in [-0.15, -0.1) is 10.2 Å². The van der Waals surface area contributed by atoms with Gasteiger partial charge >= 0.3 is 0 Å².